The molecule has 0 aliphatic heterocycles. The smallest absolute Gasteiger partial charge is 0.378 e. The Labute approximate surface area is 150 Å². The molecule has 1 N–H and O–H groups in total. The largest absolute Gasteiger partial charge is 0.450 e. The van der Waals surface area contributed by atoms with Crippen LogP contribution in [-0.2, 0) is 16.1 Å². The van der Waals surface area contributed by atoms with Crippen LogP contribution >= 0.6 is 0 Å². The first kappa shape index (κ1) is 17.5. The van der Waals surface area contributed by atoms with Gasteiger partial charge in [-0.15, -0.1) is 5.10 Å². The third-order valence-electron chi connectivity index (χ3n) is 3.87. The van der Waals surface area contributed by atoms with Crippen molar-refractivity contribution in [2.45, 2.75) is 27.3 Å². The molecule has 0 unspecified atom stereocenters. The van der Waals surface area contributed by atoms with Crippen LogP contribution in [-0.4, -0.2) is 38.1 Å². The Morgan fingerprint density at radius 3 is 2.69 bits per heavy atom. The first-order chi connectivity index (χ1) is 12.4. The highest BCUT2D eigenvalue weighted by Crippen LogP contribution is 2.07. The van der Waals surface area contributed by atoms with Gasteiger partial charge >= 0.3 is 5.97 Å². The molecule has 2 heterocycles. The predicted octanol–water partition coefficient (Wildman–Crippen LogP) is 1.52. The molecule has 2 aromatic heterocycles. The minimum Gasteiger partial charge on any atom is -0.450 e. The summed E-state index contributed by atoms with van der Waals surface area (Å²) >= 11 is 0. The summed E-state index contributed by atoms with van der Waals surface area (Å²) in [6.45, 7) is 5.61. The van der Waals surface area contributed by atoms with E-state index in [4.69, 9.17) is 4.74 Å². The van der Waals surface area contributed by atoms with E-state index in [1.165, 1.54) is 4.52 Å². The number of hydrogen-bond acceptors (Lipinski definition) is 6. The molecule has 26 heavy (non-hydrogen) atoms. The average Bonchev–Trinajstić information content (AvgIpc) is 3.03. The molecule has 134 valence electrons. The van der Waals surface area contributed by atoms with Crippen molar-refractivity contribution >= 4 is 17.7 Å². The summed E-state index contributed by atoms with van der Waals surface area (Å²) in [7, 11) is 0. The normalized spacial score (nSPS) is 10.7. The van der Waals surface area contributed by atoms with E-state index in [-0.39, 0.29) is 5.82 Å². The van der Waals surface area contributed by atoms with Gasteiger partial charge in [0.25, 0.3) is 17.5 Å². The third kappa shape index (κ3) is 3.85. The van der Waals surface area contributed by atoms with Gasteiger partial charge < -0.3 is 10.1 Å². The number of amides is 1. The lowest BCUT2D eigenvalue weighted by Crippen LogP contribution is -2.28. The Kier molecular flexibility index (Phi) is 4.92. The Bertz CT molecular complexity index is 980. The Morgan fingerprint density at radius 1 is 1.15 bits per heavy atom. The van der Waals surface area contributed by atoms with Crippen molar-refractivity contribution in [3.63, 3.8) is 0 Å². The molecule has 3 rings (SSSR count). The fraction of sp³-hybridized carbons (Fsp3) is 0.278. The zero-order valence-corrected chi connectivity index (χ0v) is 14.8. The Morgan fingerprint density at radius 2 is 1.92 bits per heavy atom. The SMILES string of the molecule is Cc1cc(C)n2nc(C(=O)OCC(=O)NCc3ccccc3C)nc2n1. The number of esters is 1. The zero-order valence-electron chi connectivity index (χ0n) is 14.8. The minimum atomic E-state index is -0.765. The van der Waals surface area contributed by atoms with Gasteiger partial charge in [0, 0.05) is 17.9 Å². The van der Waals surface area contributed by atoms with Gasteiger partial charge in [-0.05, 0) is 38.0 Å². The van der Waals surface area contributed by atoms with Crippen LogP contribution in [0.3, 0.4) is 0 Å². The molecule has 0 fully saturated rings. The maximum Gasteiger partial charge on any atom is 0.378 e. The molecule has 0 radical (unpaired) electrons. The number of benzene rings is 1. The summed E-state index contributed by atoms with van der Waals surface area (Å²) in [5.41, 5.74) is 3.66. The fourth-order valence-electron chi connectivity index (χ4n) is 2.50. The standard InChI is InChI=1S/C18H19N5O3/c1-11-6-4-5-7-14(11)9-19-15(24)10-26-17(25)16-21-18-20-12(2)8-13(3)23(18)22-16/h4-8H,9-10H2,1-3H3,(H,19,24). The molecular weight excluding hydrogens is 334 g/mol. The Balaban J connectivity index is 1.57. The van der Waals surface area contributed by atoms with Gasteiger partial charge in [0.15, 0.2) is 6.61 Å². The summed E-state index contributed by atoms with van der Waals surface area (Å²) < 4.78 is 6.45. The number of nitrogens with zero attached hydrogens (tertiary/aromatic N) is 4. The van der Waals surface area contributed by atoms with E-state index in [9.17, 15) is 9.59 Å². The van der Waals surface area contributed by atoms with Crippen LogP contribution in [0.2, 0.25) is 0 Å². The molecule has 0 saturated carbocycles. The van der Waals surface area contributed by atoms with Gasteiger partial charge in [0.05, 0.1) is 0 Å². The van der Waals surface area contributed by atoms with Gasteiger partial charge in [-0.2, -0.15) is 4.98 Å². The summed E-state index contributed by atoms with van der Waals surface area (Å²) in [6, 6.07) is 9.56. The molecule has 1 aromatic carbocycles. The minimum absolute atomic E-state index is 0.127. The molecule has 1 amide bonds. The number of carbonyl (C=O) groups is 2. The van der Waals surface area contributed by atoms with Crippen LogP contribution < -0.4 is 5.32 Å². The molecule has 0 aliphatic rings. The molecule has 0 bridgehead atoms. The van der Waals surface area contributed by atoms with Crippen molar-refractivity contribution in [3.05, 3.63) is 58.7 Å². The summed E-state index contributed by atoms with van der Waals surface area (Å²) in [5.74, 6) is -0.967. The van der Waals surface area contributed by atoms with Crippen LogP contribution in [0.1, 0.15) is 33.1 Å². The highest BCUT2D eigenvalue weighted by atomic mass is 16.5. The quantitative estimate of drug-likeness (QED) is 0.699. The van der Waals surface area contributed by atoms with Crippen molar-refractivity contribution in [2.75, 3.05) is 6.61 Å². The number of aryl methyl sites for hydroxylation is 3. The lowest BCUT2D eigenvalue weighted by Gasteiger charge is -2.07. The molecule has 8 nitrogen and oxygen atoms in total. The van der Waals surface area contributed by atoms with Gasteiger partial charge in [-0.25, -0.2) is 14.3 Å². The molecule has 8 heteroatoms. The van der Waals surface area contributed by atoms with Gasteiger partial charge in [-0.3, -0.25) is 4.79 Å². The fourth-order valence-corrected chi connectivity index (χ4v) is 2.50. The first-order valence-corrected chi connectivity index (χ1v) is 8.13. The number of ether oxygens (including phenoxy) is 1. The number of nitrogens with one attached hydrogen (secondary N) is 1. The van der Waals surface area contributed by atoms with E-state index in [0.29, 0.717) is 12.3 Å². The van der Waals surface area contributed by atoms with Crippen LogP contribution in [0, 0.1) is 20.8 Å². The van der Waals surface area contributed by atoms with Crippen molar-refractivity contribution in [1.29, 1.82) is 0 Å². The second-order valence-electron chi connectivity index (χ2n) is 5.97. The number of hydrogen-bond donors (Lipinski definition) is 1. The number of fused-ring (bicyclic) bond motifs is 1. The second kappa shape index (κ2) is 7.30. The second-order valence-corrected chi connectivity index (χ2v) is 5.97. The van der Waals surface area contributed by atoms with Crippen LogP contribution in [0.4, 0.5) is 0 Å². The topological polar surface area (TPSA) is 98.5 Å². The maximum absolute atomic E-state index is 12.1. The average molecular weight is 353 g/mol. The lowest BCUT2D eigenvalue weighted by molar-refractivity contribution is -0.124. The summed E-state index contributed by atoms with van der Waals surface area (Å²) in [5, 5.41) is 6.79. The van der Waals surface area contributed by atoms with Crippen LogP contribution in [0.15, 0.2) is 30.3 Å². The number of carbonyl (C=O) groups excluding carboxylic acids is 2. The summed E-state index contributed by atoms with van der Waals surface area (Å²) in [4.78, 5) is 32.2. The maximum atomic E-state index is 12.1. The third-order valence-corrected chi connectivity index (χ3v) is 3.87. The zero-order chi connectivity index (χ0) is 18.7. The van der Waals surface area contributed by atoms with Gasteiger partial charge in [0.2, 0.25) is 0 Å². The molecule has 0 saturated heterocycles. The van der Waals surface area contributed by atoms with E-state index in [1.54, 1.807) is 0 Å². The van der Waals surface area contributed by atoms with E-state index >= 15 is 0 Å². The highest BCUT2D eigenvalue weighted by Gasteiger charge is 2.17. The van der Waals surface area contributed by atoms with E-state index in [1.807, 2.05) is 51.1 Å². The van der Waals surface area contributed by atoms with E-state index in [2.05, 4.69) is 20.4 Å². The highest BCUT2D eigenvalue weighted by molar-refractivity contribution is 5.88. The van der Waals surface area contributed by atoms with Gasteiger partial charge in [-0.1, -0.05) is 24.3 Å². The number of rotatable bonds is 5. The van der Waals surface area contributed by atoms with Crippen molar-refractivity contribution in [3.8, 4) is 0 Å². The van der Waals surface area contributed by atoms with E-state index in [0.717, 1.165) is 22.5 Å². The van der Waals surface area contributed by atoms with E-state index < -0.39 is 18.5 Å². The molecule has 0 spiro atoms. The first-order valence-electron chi connectivity index (χ1n) is 8.13. The lowest BCUT2D eigenvalue weighted by atomic mass is 10.1. The predicted molar refractivity (Wildman–Crippen MR) is 93.6 cm³/mol. The van der Waals surface area contributed by atoms with Crippen molar-refractivity contribution in [1.82, 2.24) is 24.9 Å². The molecular formula is C18H19N5O3. The summed E-state index contributed by atoms with van der Waals surface area (Å²) in [6.07, 6.45) is 0. The molecule has 0 atom stereocenters. The van der Waals surface area contributed by atoms with Crippen molar-refractivity contribution < 1.29 is 14.3 Å². The number of aromatic nitrogens is 4. The Hall–Kier alpha value is -3.29. The van der Waals surface area contributed by atoms with Gasteiger partial charge in [0.1, 0.15) is 0 Å². The monoisotopic (exact) mass is 353 g/mol. The molecule has 3 aromatic rings. The molecule has 0 aliphatic carbocycles. The van der Waals surface area contributed by atoms with Crippen molar-refractivity contribution in [2.24, 2.45) is 0 Å². The van der Waals surface area contributed by atoms with Crippen LogP contribution in [0.5, 0.6) is 0 Å². The van der Waals surface area contributed by atoms with Crippen LogP contribution in [0.25, 0.3) is 5.78 Å².